The molecule has 0 amide bonds. The molecule has 5 heteroatoms. The van der Waals surface area contributed by atoms with Gasteiger partial charge in [-0.1, -0.05) is 127 Å². The Bertz CT molecular complexity index is 2780. The molecule has 5 nitrogen and oxygen atoms in total. The molecule has 0 saturated carbocycles. The minimum Gasteiger partial charge on any atom is -0.456 e. The number of aliphatic imine (C=N–C) groups is 2. The van der Waals surface area contributed by atoms with Crippen LogP contribution in [0.15, 0.2) is 183 Å². The zero-order valence-corrected chi connectivity index (χ0v) is 26.9. The highest BCUT2D eigenvalue weighted by atomic mass is 16.3. The van der Waals surface area contributed by atoms with E-state index in [0.29, 0.717) is 5.84 Å². The molecule has 0 spiro atoms. The number of furan rings is 2. The van der Waals surface area contributed by atoms with Gasteiger partial charge in [0.25, 0.3) is 0 Å². The van der Waals surface area contributed by atoms with Crippen molar-refractivity contribution in [3.63, 3.8) is 0 Å². The summed E-state index contributed by atoms with van der Waals surface area (Å²) in [5.74, 6) is 1.44. The van der Waals surface area contributed by atoms with E-state index in [1.54, 1.807) is 0 Å². The second kappa shape index (κ2) is 11.5. The van der Waals surface area contributed by atoms with Gasteiger partial charge in [-0.05, 0) is 64.2 Å². The summed E-state index contributed by atoms with van der Waals surface area (Å²) < 4.78 is 12.9. The Hall–Kier alpha value is -6.72. The molecule has 9 aromatic rings. The maximum atomic E-state index is 6.47. The van der Waals surface area contributed by atoms with Crippen molar-refractivity contribution in [1.82, 2.24) is 5.32 Å². The Labute approximate surface area is 287 Å². The Balaban J connectivity index is 1.15. The van der Waals surface area contributed by atoms with E-state index in [4.69, 9.17) is 18.8 Å². The van der Waals surface area contributed by atoms with Gasteiger partial charge in [0.05, 0.1) is 0 Å². The molecular weight excluding hydrogens is 615 g/mol. The molecule has 1 atom stereocenters. The summed E-state index contributed by atoms with van der Waals surface area (Å²) in [7, 11) is 0. The first-order valence-corrected chi connectivity index (χ1v) is 16.8. The molecule has 1 unspecified atom stereocenters. The summed E-state index contributed by atoms with van der Waals surface area (Å²) in [4.78, 5) is 10.2. The number of rotatable bonds is 5. The van der Waals surface area contributed by atoms with Gasteiger partial charge >= 0.3 is 0 Å². The quantitative estimate of drug-likeness (QED) is 0.203. The van der Waals surface area contributed by atoms with Crippen molar-refractivity contribution in [2.45, 2.75) is 6.17 Å². The Morgan fingerprint density at radius 1 is 0.440 bits per heavy atom. The third-order valence-corrected chi connectivity index (χ3v) is 9.55. The normalized spacial score (nSPS) is 14.6. The van der Waals surface area contributed by atoms with Crippen LogP contribution in [-0.2, 0) is 0 Å². The van der Waals surface area contributed by atoms with Gasteiger partial charge in [0.1, 0.15) is 34.3 Å². The molecule has 3 heterocycles. The van der Waals surface area contributed by atoms with E-state index in [-0.39, 0.29) is 6.17 Å². The van der Waals surface area contributed by atoms with Crippen molar-refractivity contribution in [3.05, 3.63) is 180 Å². The first-order chi connectivity index (χ1) is 24.8. The van der Waals surface area contributed by atoms with Crippen LogP contribution >= 0.6 is 0 Å². The average Bonchev–Trinajstić information content (AvgIpc) is 3.76. The number of amidine groups is 2. The molecule has 1 N–H and O–H groups in total. The fourth-order valence-corrected chi connectivity index (χ4v) is 7.18. The van der Waals surface area contributed by atoms with Gasteiger partial charge in [0, 0.05) is 32.7 Å². The number of nitrogens with zero attached hydrogens (tertiary/aromatic N) is 2. The monoisotopic (exact) mass is 643 g/mol. The maximum Gasteiger partial charge on any atom is 0.159 e. The second-order valence-corrected chi connectivity index (χ2v) is 12.6. The van der Waals surface area contributed by atoms with Crippen molar-refractivity contribution < 1.29 is 8.83 Å². The van der Waals surface area contributed by atoms with E-state index in [1.807, 2.05) is 60.7 Å². The summed E-state index contributed by atoms with van der Waals surface area (Å²) in [6, 6.07) is 56.3. The van der Waals surface area contributed by atoms with E-state index in [0.717, 1.165) is 83.1 Å². The number of benzene rings is 7. The zero-order valence-electron chi connectivity index (χ0n) is 26.9. The lowest BCUT2D eigenvalue weighted by Crippen LogP contribution is -2.33. The SMILES string of the molecule is c1ccc(C2=NC(c3ccccc3)NC(c3cccc4oc5ccc(-c6cccc7oc8ccc(-c9ccccc9)cc8c67)cc5c34)=N2)cc1. The molecule has 10 rings (SSSR count). The van der Waals surface area contributed by atoms with Crippen molar-refractivity contribution in [3.8, 4) is 22.3 Å². The van der Waals surface area contributed by atoms with Crippen LogP contribution in [0, 0.1) is 0 Å². The lowest BCUT2D eigenvalue weighted by molar-refractivity contribution is 0.667. The largest absolute Gasteiger partial charge is 0.456 e. The summed E-state index contributed by atoms with van der Waals surface area (Å²) in [6.45, 7) is 0. The smallest absolute Gasteiger partial charge is 0.159 e. The lowest BCUT2D eigenvalue weighted by atomic mass is 9.96. The molecule has 0 saturated heterocycles. The van der Waals surface area contributed by atoms with Crippen LogP contribution in [0.1, 0.15) is 22.9 Å². The van der Waals surface area contributed by atoms with Crippen molar-refractivity contribution >= 4 is 55.5 Å². The third kappa shape index (κ3) is 4.71. The Morgan fingerprint density at radius 3 is 1.68 bits per heavy atom. The minimum atomic E-state index is -0.296. The molecule has 0 fully saturated rings. The molecule has 236 valence electrons. The first-order valence-electron chi connectivity index (χ1n) is 16.8. The number of fused-ring (bicyclic) bond motifs is 6. The van der Waals surface area contributed by atoms with E-state index in [9.17, 15) is 0 Å². The highest BCUT2D eigenvalue weighted by molar-refractivity contribution is 6.22. The molecule has 0 aliphatic carbocycles. The van der Waals surface area contributed by atoms with E-state index in [1.165, 1.54) is 5.56 Å². The number of nitrogens with one attached hydrogen (secondary N) is 1. The lowest BCUT2D eigenvalue weighted by Gasteiger charge is -2.24. The average molecular weight is 644 g/mol. The number of hydrogen-bond donors (Lipinski definition) is 1. The van der Waals surface area contributed by atoms with Gasteiger partial charge in [0.15, 0.2) is 5.84 Å². The molecule has 1 aliphatic heterocycles. The van der Waals surface area contributed by atoms with Crippen LogP contribution in [0.25, 0.3) is 66.1 Å². The summed E-state index contributed by atoms with van der Waals surface area (Å²) >= 11 is 0. The van der Waals surface area contributed by atoms with Gasteiger partial charge in [-0.25, -0.2) is 9.98 Å². The molecule has 0 radical (unpaired) electrons. The predicted molar refractivity (Wildman–Crippen MR) is 204 cm³/mol. The van der Waals surface area contributed by atoms with Crippen LogP contribution < -0.4 is 5.32 Å². The van der Waals surface area contributed by atoms with E-state index < -0.39 is 0 Å². The predicted octanol–water partition coefficient (Wildman–Crippen LogP) is 11.3. The first kappa shape index (κ1) is 28.3. The summed E-state index contributed by atoms with van der Waals surface area (Å²) in [6.07, 6.45) is -0.296. The molecule has 2 aromatic heterocycles. The number of hydrogen-bond acceptors (Lipinski definition) is 5. The third-order valence-electron chi connectivity index (χ3n) is 9.55. The summed E-state index contributed by atoms with van der Waals surface area (Å²) in [5.41, 5.74) is 10.9. The molecule has 1 aliphatic rings. The van der Waals surface area contributed by atoms with Crippen LogP contribution in [0.5, 0.6) is 0 Å². The maximum absolute atomic E-state index is 6.47. The zero-order chi connectivity index (χ0) is 33.0. The molecule has 50 heavy (non-hydrogen) atoms. The van der Waals surface area contributed by atoms with Crippen LogP contribution in [0.4, 0.5) is 0 Å². The van der Waals surface area contributed by atoms with Crippen molar-refractivity contribution in [2.24, 2.45) is 9.98 Å². The van der Waals surface area contributed by atoms with Gasteiger partial charge in [-0.15, -0.1) is 0 Å². The molecule has 7 aromatic carbocycles. The highest BCUT2D eigenvalue weighted by Crippen LogP contribution is 2.41. The van der Waals surface area contributed by atoms with E-state index in [2.05, 4.69) is 108 Å². The van der Waals surface area contributed by atoms with Crippen LogP contribution in [0.2, 0.25) is 0 Å². The molecule has 0 bridgehead atoms. The van der Waals surface area contributed by atoms with Crippen LogP contribution in [-0.4, -0.2) is 11.7 Å². The fourth-order valence-electron chi connectivity index (χ4n) is 7.18. The highest BCUT2D eigenvalue weighted by Gasteiger charge is 2.24. The molecular formula is C45H29N3O2. The van der Waals surface area contributed by atoms with E-state index >= 15 is 0 Å². The minimum absolute atomic E-state index is 0.296. The second-order valence-electron chi connectivity index (χ2n) is 12.6. The van der Waals surface area contributed by atoms with Crippen molar-refractivity contribution in [2.75, 3.05) is 0 Å². The Kier molecular flexibility index (Phi) is 6.49. The topological polar surface area (TPSA) is 63.0 Å². The van der Waals surface area contributed by atoms with Gasteiger partial charge < -0.3 is 14.2 Å². The Morgan fingerprint density at radius 2 is 1.00 bits per heavy atom. The van der Waals surface area contributed by atoms with Crippen LogP contribution in [0.3, 0.4) is 0 Å². The van der Waals surface area contributed by atoms with Crippen molar-refractivity contribution in [1.29, 1.82) is 0 Å². The van der Waals surface area contributed by atoms with Gasteiger partial charge in [-0.3, -0.25) is 0 Å². The standard InChI is InChI=1S/C45H29N3O2/c1-4-12-28(13-5-1)31-22-24-37-35(26-31)41-33(18-10-20-39(41)49-37)32-23-25-38-36(27-32)42-34(19-11-21-40(42)50-38)45-47-43(29-14-6-2-7-15-29)46-44(48-45)30-16-8-3-9-17-30/h1-27,43H,(H,46,47,48). The van der Waals surface area contributed by atoms with Gasteiger partial charge in [-0.2, -0.15) is 0 Å². The fraction of sp³-hybridized carbons (Fsp3) is 0.0222. The summed E-state index contributed by atoms with van der Waals surface area (Å²) in [5, 5.41) is 7.86. The van der Waals surface area contributed by atoms with Gasteiger partial charge in [0.2, 0.25) is 0 Å².